The maximum absolute atomic E-state index is 4.29. The SMILES string of the molecule is CCCCC(Cn1ccnc1)Cn1cccn1. The van der Waals surface area contributed by atoms with Crippen LogP contribution in [0.2, 0.25) is 0 Å². The summed E-state index contributed by atoms with van der Waals surface area (Å²) in [6, 6.07) is 1.98. The Labute approximate surface area is 102 Å². The Bertz CT molecular complexity index is 355. The van der Waals surface area contributed by atoms with Crippen molar-refractivity contribution < 1.29 is 0 Å². The molecular weight excluding hydrogens is 212 g/mol. The molecular formula is C13H20N4. The third-order valence-electron chi connectivity index (χ3n) is 3.00. The van der Waals surface area contributed by atoms with Gasteiger partial charge in [-0.1, -0.05) is 19.8 Å². The predicted octanol–water partition coefficient (Wildman–Crippen LogP) is 2.59. The largest absolute Gasteiger partial charge is 0.337 e. The minimum atomic E-state index is 0.629. The molecule has 0 N–H and O–H groups in total. The van der Waals surface area contributed by atoms with E-state index in [-0.39, 0.29) is 0 Å². The van der Waals surface area contributed by atoms with Gasteiger partial charge in [-0.3, -0.25) is 4.68 Å². The Balaban J connectivity index is 1.92. The van der Waals surface area contributed by atoms with Gasteiger partial charge in [0.2, 0.25) is 0 Å². The van der Waals surface area contributed by atoms with E-state index in [9.17, 15) is 0 Å². The van der Waals surface area contributed by atoms with E-state index in [1.54, 1.807) is 0 Å². The van der Waals surface area contributed by atoms with Crippen molar-refractivity contribution in [2.45, 2.75) is 39.3 Å². The first-order chi connectivity index (χ1) is 8.38. The van der Waals surface area contributed by atoms with Crippen molar-refractivity contribution in [3.05, 3.63) is 37.2 Å². The van der Waals surface area contributed by atoms with Crippen molar-refractivity contribution in [2.75, 3.05) is 0 Å². The van der Waals surface area contributed by atoms with Crippen LogP contribution in [-0.4, -0.2) is 19.3 Å². The fourth-order valence-electron chi connectivity index (χ4n) is 2.10. The molecule has 0 fully saturated rings. The van der Waals surface area contributed by atoms with Crippen molar-refractivity contribution in [3.63, 3.8) is 0 Å². The van der Waals surface area contributed by atoms with Crippen LogP contribution in [0.15, 0.2) is 37.2 Å². The minimum absolute atomic E-state index is 0.629. The lowest BCUT2D eigenvalue weighted by Gasteiger charge is -2.17. The van der Waals surface area contributed by atoms with Crippen LogP contribution in [0.1, 0.15) is 26.2 Å². The number of imidazole rings is 1. The molecule has 2 aromatic rings. The van der Waals surface area contributed by atoms with E-state index >= 15 is 0 Å². The van der Waals surface area contributed by atoms with Gasteiger partial charge < -0.3 is 4.57 Å². The molecule has 4 nitrogen and oxygen atoms in total. The number of nitrogens with zero attached hydrogens (tertiary/aromatic N) is 4. The fourth-order valence-corrected chi connectivity index (χ4v) is 2.10. The average Bonchev–Trinajstić information content (AvgIpc) is 2.99. The highest BCUT2D eigenvalue weighted by Gasteiger charge is 2.10. The topological polar surface area (TPSA) is 35.6 Å². The number of unbranched alkanes of at least 4 members (excludes halogenated alkanes) is 1. The van der Waals surface area contributed by atoms with Crippen LogP contribution in [0.3, 0.4) is 0 Å². The summed E-state index contributed by atoms with van der Waals surface area (Å²) in [4.78, 5) is 4.09. The van der Waals surface area contributed by atoms with Crippen LogP contribution in [0, 0.1) is 5.92 Å². The Hall–Kier alpha value is -1.58. The van der Waals surface area contributed by atoms with E-state index in [2.05, 4.69) is 21.6 Å². The highest BCUT2D eigenvalue weighted by Crippen LogP contribution is 2.13. The molecule has 0 aliphatic heterocycles. The van der Waals surface area contributed by atoms with Crippen molar-refractivity contribution in [1.29, 1.82) is 0 Å². The van der Waals surface area contributed by atoms with E-state index in [4.69, 9.17) is 0 Å². The minimum Gasteiger partial charge on any atom is -0.337 e. The van der Waals surface area contributed by atoms with Gasteiger partial charge in [0, 0.05) is 37.9 Å². The van der Waals surface area contributed by atoms with E-state index < -0.39 is 0 Å². The molecule has 0 amide bonds. The Morgan fingerprint density at radius 2 is 2.12 bits per heavy atom. The summed E-state index contributed by atoms with van der Waals surface area (Å²) >= 11 is 0. The summed E-state index contributed by atoms with van der Waals surface area (Å²) in [5, 5.41) is 4.29. The molecule has 2 aromatic heterocycles. The summed E-state index contributed by atoms with van der Waals surface area (Å²) in [6.07, 6.45) is 13.4. The molecule has 92 valence electrons. The van der Waals surface area contributed by atoms with Gasteiger partial charge in [-0.2, -0.15) is 5.10 Å². The summed E-state index contributed by atoms with van der Waals surface area (Å²) in [7, 11) is 0. The molecule has 0 saturated heterocycles. The standard InChI is InChI=1S/C13H20N4/c1-2-3-5-13(10-16-9-7-14-12-16)11-17-8-4-6-15-17/h4,6-9,12-13H,2-3,5,10-11H2,1H3. The third kappa shape index (κ3) is 3.73. The van der Waals surface area contributed by atoms with E-state index in [0.29, 0.717) is 5.92 Å². The van der Waals surface area contributed by atoms with Crippen LogP contribution in [0.25, 0.3) is 0 Å². The first-order valence-electron chi connectivity index (χ1n) is 6.31. The number of rotatable bonds is 7. The van der Waals surface area contributed by atoms with E-state index in [1.165, 1.54) is 19.3 Å². The van der Waals surface area contributed by atoms with Crippen LogP contribution in [0.5, 0.6) is 0 Å². The van der Waals surface area contributed by atoms with Gasteiger partial charge >= 0.3 is 0 Å². The number of hydrogen-bond acceptors (Lipinski definition) is 2. The van der Waals surface area contributed by atoms with Crippen LogP contribution < -0.4 is 0 Å². The fraction of sp³-hybridized carbons (Fsp3) is 0.538. The molecule has 0 aliphatic rings. The molecule has 17 heavy (non-hydrogen) atoms. The normalized spacial score (nSPS) is 12.8. The maximum atomic E-state index is 4.29. The molecule has 0 radical (unpaired) electrons. The first kappa shape index (κ1) is 11.9. The smallest absolute Gasteiger partial charge is 0.0946 e. The van der Waals surface area contributed by atoms with Crippen LogP contribution >= 0.6 is 0 Å². The highest BCUT2D eigenvalue weighted by atomic mass is 15.3. The summed E-state index contributed by atoms with van der Waals surface area (Å²) in [5.41, 5.74) is 0. The monoisotopic (exact) mass is 232 g/mol. The zero-order valence-corrected chi connectivity index (χ0v) is 10.4. The van der Waals surface area contributed by atoms with Gasteiger partial charge in [-0.05, 0) is 18.4 Å². The Morgan fingerprint density at radius 3 is 2.76 bits per heavy atom. The summed E-state index contributed by atoms with van der Waals surface area (Å²) in [5.74, 6) is 0.629. The first-order valence-corrected chi connectivity index (χ1v) is 6.31. The quantitative estimate of drug-likeness (QED) is 0.735. The lowest BCUT2D eigenvalue weighted by Crippen LogP contribution is -2.17. The summed E-state index contributed by atoms with van der Waals surface area (Å²) < 4.78 is 4.18. The van der Waals surface area contributed by atoms with Crippen molar-refractivity contribution in [2.24, 2.45) is 5.92 Å². The zero-order valence-electron chi connectivity index (χ0n) is 10.4. The van der Waals surface area contributed by atoms with Gasteiger partial charge in [0.25, 0.3) is 0 Å². The number of hydrogen-bond donors (Lipinski definition) is 0. The second kappa shape index (κ2) is 6.23. The molecule has 0 aliphatic carbocycles. The molecule has 1 atom stereocenters. The van der Waals surface area contributed by atoms with Crippen LogP contribution in [0.4, 0.5) is 0 Å². The second-order valence-electron chi connectivity index (χ2n) is 4.50. The van der Waals surface area contributed by atoms with Crippen molar-refractivity contribution in [3.8, 4) is 0 Å². The molecule has 0 aromatic carbocycles. The molecule has 2 rings (SSSR count). The van der Waals surface area contributed by atoms with Crippen molar-refractivity contribution in [1.82, 2.24) is 19.3 Å². The van der Waals surface area contributed by atoms with Gasteiger partial charge in [0.1, 0.15) is 0 Å². The Morgan fingerprint density at radius 1 is 1.18 bits per heavy atom. The molecule has 0 saturated carbocycles. The molecule has 1 unspecified atom stereocenters. The van der Waals surface area contributed by atoms with E-state index in [0.717, 1.165) is 13.1 Å². The Kier molecular flexibility index (Phi) is 4.36. The lowest BCUT2D eigenvalue weighted by molar-refractivity contribution is 0.338. The molecule has 0 bridgehead atoms. The van der Waals surface area contributed by atoms with Gasteiger partial charge in [-0.15, -0.1) is 0 Å². The van der Waals surface area contributed by atoms with Gasteiger partial charge in [0.15, 0.2) is 0 Å². The van der Waals surface area contributed by atoms with Gasteiger partial charge in [-0.25, -0.2) is 4.98 Å². The third-order valence-corrected chi connectivity index (χ3v) is 3.00. The highest BCUT2D eigenvalue weighted by molar-refractivity contribution is 4.80. The lowest BCUT2D eigenvalue weighted by atomic mass is 10.0. The predicted molar refractivity (Wildman–Crippen MR) is 67.5 cm³/mol. The van der Waals surface area contributed by atoms with Crippen molar-refractivity contribution >= 4 is 0 Å². The zero-order chi connectivity index (χ0) is 11.9. The van der Waals surface area contributed by atoms with Gasteiger partial charge in [0.05, 0.1) is 6.33 Å². The average molecular weight is 232 g/mol. The maximum Gasteiger partial charge on any atom is 0.0946 e. The van der Waals surface area contributed by atoms with E-state index in [1.807, 2.05) is 41.9 Å². The molecule has 2 heterocycles. The number of aromatic nitrogens is 4. The van der Waals surface area contributed by atoms with Crippen LogP contribution in [-0.2, 0) is 13.1 Å². The summed E-state index contributed by atoms with van der Waals surface area (Å²) in [6.45, 7) is 4.26. The molecule has 4 heteroatoms. The molecule has 0 spiro atoms. The second-order valence-corrected chi connectivity index (χ2v) is 4.50.